The molecule has 0 fully saturated rings. The Balaban J connectivity index is 1.78. The number of nitrogens with zero attached hydrogens (tertiary/aromatic N) is 3. The van der Waals surface area contributed by atoms with Crippen molar-refractivity contribution in [3.05, 3.63) is 84.1 Å². The Morgan fingerprint density at radius 3 is 2.38 bits per heavy atom. The molecule has 0 spiro atoms. The van der Waals surface area contributed by atoms with E-state index in [0.29, 0.717) is 12.1 Å². The molecule has 0 aliphatic carbocycles. The summed E-state index contributed by atoms with van der Waals surface area (Å²) in [5.41, 5.74) is 5.93. The molecule has 9 heteroatoms. The quantitative estimate of drug-likeness (QED) is 0.392. The summed E-state index contributed by atoms with van der Waals surface area (Å²) < 4.78 is 29.8. The monoisotopic (exact) mass is 478 g/mol. The van der Waals surface area contributed by atoms with Crippen LogP contribution in [0.2, 0.25) is 0 Å². The van der Waals surface area contributed by atoms with Gasteiger partial charge in [-0.15, -0.1) is 0 Å². The van der Waals surface area contributed by atoms with Crippen molar-refractivity contribution in [1.29, 1.82) is 0 Å². The number of anilines is 1. The fraction of sp³-hybridized carbons (Fsp3) is 0.200. The minimum absolute atomic E-state index is 0.00899. The van der Waals surface area contributed by atoms with Gasteiger partial charge in [0, 0.05) is 35.1 Å². The zero-order valence-corrected chi connectivity index (χ0v) is 20.0. The summed E-state index contributed by atoms with van der Waals surface area (Å²) >= 11 is 0. The number of carboxylic acids is 1. The summed E-state index contributed by atoms with van der Waals surface area (Å²) in [6, 6.07) is 17.3. The number of sulfonamides is 1. The van der Waals surface area contributed by atoms with Gasteiger partial charge < -0.3 is 14.2 Å². The van der Waals surface area contributed by atoms with Crippen molar-refractivity contribution in [1.82, 2.24) is 14.1 Å². The number of aryl methyl sites for hydroxylation is 3. The number of hydrogen-bond donors (Lipinski definition) is 2. The number of carbonyl (C=O) groups is 1. The SMILES string of the molecule is Cc1cc(NS(C)(=O)=O)ccc1-n1c(CCC(=O)O)ccc1-c1ccc(-n2ccnc2C)cc1. The van der Waals surface area contributed by atoms with E-state index in [1.54, 1.807) is 18.3 Å². The highest BCUT2D eigenvalue weighted by Crippen LogP contribution is 2.31. The van der Waals surface area contributed by atoms with Crippen molar-refractivity contribution in [3.8, 4) is 22.6 Å². The maximum absolute atomic E-state index is 11.6. The Bertz CT molecular complexity index is 1450. The molecule has 0 aliphatic rings. The van der Waals surface area contributed by atoms with Gasteiger partial charge in [0.05, 0.1) is 18.4 Å². The van der Waals surface area contributed by atoms with E-state index in [-0.39, 0.29) is 6.42 Å². The number of imidazole rings is 1. The number of benzene rings is 2. The Kier molecular flexibility index (Phi) is 6.30. The second-order valence-electron chi connectivity index (χ2n) is 8.21. The normalized spacial score (nSPS) is 11.5. The summed E-state index contributed by atoms with van der Waals surface area (Å²) in [6.07, 6.45) is 5.15. The average molecular weight is 479 g/mol. The summed E-state index contributed by atoms with van der Waals surface area (Å²) in [6.45, 7) is 3.84. The smallest absolute Gasteiger partial charge is 0.303 e. The van der Waals surface area contributed by atoms with Gasteiger partial charge in [-0.3, -0.25) is 9.52 Å². The van der Waals surface area contributed by atoms with Crippen molar-refractivity contribution < 1.29 is 18.3 Å². The fourth-order valence-electron chi connectivity index (χ4n) is 4.05. The minimum Gasteiger partial charge on any atom is -0.481 e. The molecule has 176 valence electrons. The van der Waals surface area contributed by atoms with Gasteiger partial charge in [-0.2, -0.15) is 0 Å². The van der Waals surface area contributed by atoms with E-state index in [4.69, 9.17) is 0 Å². The van der Waals surface area contributed by atoms with Crippen molar-refractivity contribution >= 4 is 21.7 Å². The van der Waals surface area contributed by atoms with Crippen LogP contribution >= 0.6 is 0 Å². The van der Waals surface area contributed by atoms with Gasteiger partial charge in [0.15, 0.2) is 0 Å². The third-order valence-electron chi connectivity index (χ3n) is 5.56. The van der Waals surface area contributed by atoms with Crippen molar-refractivity contribution in [3.63, 3.8) is 0 Å². The molecule has 0 aliphatic heterocycles. The van der Waals surface area contributed by atoms with Crippen molar-refractivity contribution in [2.24, 2.45) is 0 Å². The predicted molar refractivity (Wildman–Crippen MR) is 132 cm³/mol. The van der Waals surface area contributed by atoms with Gasteiger partial charge in [-0.1, -0.05) is 12.1 Å². The number of nitrogens with one attached hydrogen (secondary N) is 1. The summed E-state index contributed by atoms with van der Waals surface area (Å²) in [5.74, 6) is 0.0317. The molecule has 2 heterocycles. The van der Waals surface area contributed by atoms with Crippen LogP contribution in [0.5, 0.6) is 0 Å². The summed E-state index contributed by atoms with van der Waals surface area (Å²) in [4.78, 5) is 15.5. The molecular formula is C25H26N4O4S. The predicted octanol–water partition coefficient (Wildman–Crippen LogP) is 4.34. The van der Waals surface area contributed by atoms with E-state index in [9.17, 15) is 18.3 Å². The van der Waals surface area contributed by atoms with E-state index in [0.717, 1.165) is 46.0 Å². The first-order valence-electron chi connectivity index (χ1n) is 10.7. The number of rotatable bonds is 8. The molecule has 2 N–H and O–H groups in total. The lowest BCUT2D eigenvalue weighted by atomic mass is 10.1. The third-order valence-corrected chi connectivity index (χ3v) is 6.17. The fourth-order valence-corrected chi connectivity index (χ4v) is 4.60. The van der Waals surface area contributed by atoms with Gasteiger partial charge in [-0.25, -0.2) is 13.4 Å². The first-order valence-corrected chi connectivity index (χ1v) is 12.6. The first kappa shape index (κ1) is 23.3. The summed E-state index contributed by atoms with van der Waals surface area (Å²) in [7, 11) is -3.39. The molecular weight excluding hydrogens is 452 g/mol. The Labute approximate surface area is 198 Å². The van der Waals surface area contributed by atoms with E-state index in [2.05, 4.69) is 9.71 Å². The van der Waals surface area contributed by atoms with Gasteiger partial charge in [0.2, 0.25) is 10.0 Å². The molecule has 0 amide bonds. The van der Waals surface area contributed by atoms with Gasteiger partial charge in [-0.05, 0) is 73.9 Å². The van der Waals surface area contributed by atoms with Crippen LogP contribution in [0.1, 0.15) is 23.5 Å². The Morgan fingerprint density at radius 1 is 1.06 bits per heavy atom. The van der Waals surface area contributed by atoms with Crippen LogP contribution in [0.25, 0.3) is 22.6 Å². The topological polar surface area (TPSA) is 106 Å². The van der Waals surface area contributed by atoms with E-state index < -0.39 is 16.0 Å². The molecule has 2 aromatic heterocycles. The second-order valence-corrected chi connectivity index (χ2v) is 9.95. The van der Waals surface area contributed by atoms with Crippen LogP contribution in [0.15, 0.2) is 67.0 Å². The largest absolute Gasteiger partial charge is 0.481 e. The van der Waals surface area contributed by atoms with Gasteiger partial charge in [0.1, 0.15) is 5.82 Å². The second kappa shape index (κ2) is 9.18. The maximum atomic E-state index is 11.6. The molecule has 8 nitrogen and oxygen atoms in total. The van der Waals surface area contributed by atoms with Gasteiger partial charge in [0.25, 0.3) is 0 Å². The van der Waals surface area contributed by atoms with E-state index >= 15 is 0 Å². The lowest BCUT2D eigenvalue weighted by Crippen LogP contribution is -2.11. The molecule has 4 aromatic rings. The standard InChI is InChI=1S/C25H26N4O4S/c1-17-16-20(27-34(3,32)33)6-11-23(17)29-22(10-13-25(30)31)9-12-24(29)19-4-7-21(8-5-19)28-15-14-26-18(28)2/h4-9,11-12,14-16,27H,10,13H2,1-3H3,(H,30,31). The zero-order valence-electron chi connectivity index (χ0n) is 19.2. The molecule has 0 saturated heterocycles. The van der Waals surface area contributed by atoms with Gasteiger partial charge >= 0.3 is 5.97 Å². The van der Waals surface area contributed by atoms with Crippen LogP contribution < -0.4 is 4.72 Å². The Morgan fingerprint density at radius 2 is 1.79 bits per heavy atom. The lowest BCUT2D eigenvalue weighted by Gasteiger charge is -2.18. The van der Waals surface area contributed by atoms with Crippen molar-refractivity contribution in [2.45, 2.75) is 26.7 Å². The van der Waals surface area contributed by atoms with Crippen LogP contribution in [-0.2, 0) is 21.2 Å². The maximum Gasteiger partial charge on any atom is 0.303 e. The van der Waals surface area contributed by atoms with E-state index in [1.807, 2.05) is 71.6 Å². The molecule has 4 rings (SSSR count). The molecule has 0 bridgehead atoms. The molecule has 0 radical (unpaired) electrons. The minimum atomic E-state index is -3.39. The molecule has 0 unspecified atom stereocenters. The van der Waals surface area contributed by atoms with Crippen LogP contribution in [0.4, 0.5) is 5.69 Å². The van der Waals surface area contributed by atoms with Crippen LogP contribution in [0.3, 0.4) is 0 Å². The third kappa shape index (κ3) is 5.04. The van der Waals surface area contributed by atoms with E-state index in [1.165, 1.54) is 0 Å². The number of aromatic nitrogens is 3. The highest BCUT2D eigenvalue weighted by atomic mass is 32.2. The number of hydrogen-bond acceptors (Lipinski definition) is 4. The lowest BCUT2D eigenvalue weighted by molar-refractivity contribution is -0.136. The molecule has 0 atom stereocenters. The average Bonchev–Trinajstić information content (AvgIpc) is 3.37. The highest BCUT2D eigenvalue weighted by molar-refractivity contribution is 7.92. The highest BCUT2D eigenvalue weighted by Gasteiger charge is 2.16. The van der Waals surface area contributed by atoms with Crippen LogP contribution in [-0.4, -0.2) is 39.9 Å². The Hall–Kier alpha value is -3.85. The van der Waals surface area contributed by atoms with Crippen molar-refractivity contribution in [2.75, 3.05) is 11.0 Å². The first-order chi connectivity index (χ1) is 16.1. The molecule has 0 saturated carbocycles. The molecule has 2 aromatic carbocycles. The molecule has 34 heavy (non-hydrogen) atoms. The zero-order chi connectivity index (χ0) is 24.5. The number of aliphatic carboxylic acids is 1. The van der Waals surface area contributed by atoms with Crippen LogP contribution in [0, 0.1) is 13.8 Å². The summed E-state index contributed by atoms with van der Waals surface area (Å²) in [5, 5.41) is 9.22. The number of carboxylic acid groups (broad SMARTS) is 1.